The number of fused-ring (bicyclic) bond motifs is 2. The third-order valence-electron chi connectivity index (χ3n) is 10.5. The maximum atomic E-state index is 15.4. The second-order valence-electron chi connectivity index (χ2n) is 13.3. The van der Waals surface area contributed by atoms with Gasteiger partial charge in [0.1, 0.15) is 22.9 Å². The highest BCUT2D eigenvalue weighted by molar-refractivity contribution is 6.03. The largest absolute Gasteiger partial charge is 0.495 e. The fraction of sp³-hybridized carbons (Fsp3) is 0.471. The van der Waals surface area contributed by atoms with Gasteiger partial charge in [-0.05, 0) is 81.3 Å². The van der Waals surface area contributed by atoms with Crippen molar-refractivity contribution in [1.29, 1.82) is 0 Å². The van der Waals surface area contributed by atoms with E-state index in [0.29, 0.717) is 11.8 Å². The normalized spacial score (nSPS) is 19.6. The lowest BCUT2D eigenvalue weighted by Crippen LogP contribution is -2.54. The smallest absolute Gasteiger partial charge is 0.423 e. The molecule has 2 aromatic carbocycles. The lowest BCUT2D eigenvalue weighted by molar-refractivity contribution is -0.139. The van der Waals surface area contributed by atoms with E-state index >= 15 is 4.39 Å². The van der Waals surface area contributed by atoms with E-state index in [1.807, 2.05) is 0 Å². The van der Waals surface area contributed by atoms with E-state index in [9.17, 15) is 22.8 Å². The maximum absolute atomic E-state index is 15.4. The predicted molar refractivity (Wildman–Crippen MR) is 167 cm³/mol. The number of hydrogen-bond donors (Lipinski definition) is 2. The van der Waals surface area contributed by atoms with Crippen molar-refractivity contribution in [2.75, 3.05) is 39.1 Å². The molecule has 0 bridgehead atoms. The lowest BCUT2D eigenvalue weighted by atomic mass is 9.60. The van der Waals surface area contributed by atoms with Gasteiger partial charge in [0, 0.05) is 25.4 Å². The quantitative estimate of drug-likeness (QED) is 0.272. The molecule has 4 aliphatic rings. The van der Waals surface area contributed by atoms with Gasteiger partial charge in [-0.2, -0.15) is 18.2 Å². The van der Waals surface area contributed by atoms with Crippen molar-refractivity contribution in [3.8, 4) is 17.4 Å². The molecule has 2 saturated carbocycles. The van der Waals surface area contributed by atoms with Crippen molar-refractivity contribution >= 4 is 23.5 Å². The minimum absolute atomic E-state index is 0.0179. The molecule has 0 radical (unpaired) electrons. The standard InChI is InChI=1S/C34H36F4N6O4/c1-4-44-12-10-32(11-13-44)16-19(17-32)40-28(45)20-14-26(47-3)24(15-23(20)35)41-31-39-18-22(34(36,37)38)29(42-31)48-25-7-5-6-21-27(25)30(46)43(2)33(21)8-9-33/h5-7,14-15,18-19H,4,8-13,16-17H2,1-3H3,(H,40,45)(H,39,41,42). The molecule has 3 aromatic rings. The van der Waals surface area contributed by atoms with Crippen LogP contribution >= 0.6 is 0 Å². The summed E-state index contributed by atoms with van der Waals surface area (Å²) in [5.74, 6) is -2.99. The number of hydrogen-bond acceptors (Lipinski definition) is 8. The van der Waals surface area contributed by atoms with Crippen LogP contribution in [0.4, 0.5) is 29.2 Å². The molecular formula is C34H36F4N6O4. The molecule has 10 nitrogen and oxygen atoms in total. The van der Waals surface area contributed by atoms with Crippen LogP contribution in [0.2, 0.25) is 0 Å². The number of carbonyl (C=O) groups excluding carboxylic acids is 2. The molecule has 7 rings (SSSR count). The number of nitrogens with one attached hydrogen (secondary N) is 2. The Hall–Kier alpha value is -4.46. The first-order chi connectivity index (χ1) is 22.9. The summed E-state index contributed by atoms with van der Waals surface area (Å²) in [6.45, 7) is 5.26. The molecular weight excluding hydrogens is 632 g/mol. The van der Waals surface area contributed by atoms with Crippen LogP contribution in [0.5, 0.6) is 17.4 Å². The van der Waals surface area contributed by atoms with Crippen LogP contribution in [0.3, 0.4) is 0 Å². The summed E-state index contributed by atoms with van der Waals surface area (Å²) >= 11 is 0. The van der Waals surface area contributed by atoms with Gasteiger partial charge in [0.25, 0.3) is 11.8 Å². The van der Waals surface area contributed by atoms with Gasteiger partial charge in [0.2, 0.25) is 11.8 Å². The fourth-order valence-corrected chi connectivity index (χ4v) is 7.51. The van der Waals surface area contributed by atoms with E-state index in [4.69, 9.17) is 9.47 Å². The highest BCUT2D eigenvalue weighted by Gasteiger charge is 2.57. The number of amides is 2. The molecule has 2 amide bonds. The van der Waals surface area contributed by atoms with E-state index in [2.05, 4.69) is 32.4 Å². The maximum Gasteiger partial charge on any atom is 0.423 e. The van der Waals surface area contributed by atoms with Gasteiger partial charge < -0.3 is 29.9 Å². The topological polar surface area (TPSA) is 109 Å². The molecule has 2 spiro atoms. The summed E-state index contributed by atoms with van der Waals surface area (Å²) in [5.41, 5.74) is -0.851. The predicted octanol–water partition coefficient (Wildman–Crippen LogP) is 6.25. The van der Waals surface area contributed by atoms with Crippen LogP contribution in [-0.2, 0) is 11.7 Å². The van der Waals surface area contributed by atoms with Crippen LogP contribution in [0.1, 0.15) is 77.3 Å². The molecule has 0 atom stereocenters. The second kappa shape index (κ2) is 11.6. The number of aromatic nitrogens is 2. The first-order valence-electron chi connectivity index (χ1n) is 16.1. The zero-order valence-corrected chi connectivity index (χ0v) is 26.8. The number of halogens is 4. The van der Waals surface area contributed by atoms with Crippen molar-refractivity contribution < 1.29 is 36.6 Å². The van der Waals surface area contributed by atoms with Crippen molar-refractivity contribution in [2.24, 2.45) is 5.41 Å². The van der Waals surface area contributed by atoms with E-state index in [1.54, 1.807) is 24.1 Å². The van der Waals surface area contributed by atoms with Crippen molar-refractivity contribution in [3.05, 3.63) is 64.6 Å². The molecule has 1 aromatic heterocycles. The minimum atomic E-state index is -4.88. The van der Waals surface area contributed by atoms with Crippen LogP contribution in [0.15, 0.2) is 36.5 Å². The monoisotopic (exact) mass is 668 g/mol. The molecule has 254 valence electrons. The Labute approximate surface area is 274 Å². The zero-order chi connectivity index (χ0) is 34.0. The number of methoxy groups -OCH3 is 1. The Bertz CT molecular complexity index is 1780. The Morgan fingerprint density at radius 3 is 2.48 bits per heavy atom. The Morgan fingerprint density at radius 2 is 1.83 bits per heavy atom. The molecule has 3 fully saturated rings. The molecule has 1 saturated heterocycles. The molecule has 2 aliphatic carbocycles. The summed E-state index contributed by atoms with van der Waals surface area (Å²) in [6.07, 6.45) is 1.03. The van der Waals surface area contributed by atoms with Gasteiger partial charge in [0.05, 0.1) is 29.5 Å². The van der Waals surface area contributed by atoms with Gasteiger partial charge in [0.15, 0.2) is 0 Å². The van der Waals surface area contributed by atoms with Crippen LogP contribution in [-0.4, -0.2) is 71.4 Å². The van der Waals surface area contributed by atoms with Gasteiger partial charge in [-0.25, -0.2) is 9.37 Å². The van der Waals surface area contributed by atoms with Gasteiger partial charge in [-0.3, -0.25) is 9.59 Å². The number of rotatable bonds is 8. The molecule has 48 heavy (non-hydrogen) atoms. The van der Waals surface area contributed by atoms with E-state index in [0.717, 1.165) is 64.2 Å². The van der Waals surface area contributed by atoms with Crippen LogP contribution in [0, 0.1) is 11.2 Å². The summed E-state index contributed by atoms with van der Waals surface area (Å²) in [5, 5.41) is 5.62. The second-order valence-corrected chi connectivity index (χ2v) is 13.3. The SMILES string of the molecule is CCN1CCC2(CC1)CC(NC(=O)c1cc(OC)c(Nc3ncc(C(F)(F)F)c(Oc4cccc5c4C(=O)N(C)C54CC4)n3)cc1F)C2. The van der Waals surface area contributed by atoms with E-state index in [1.165, 1.54) is 19.2 Å². The molecule has 14 heteroatoms. The third-order valence-corrected chi connectivity index (χ3v) is 10.5. The Kier molecular flexibility index (Phi) is 7.76. The lowest BCUT2D eigenvalue weighted by Gasteiger charge is -2.52. The third kappa shape index (κ3) is 5.49. The number of piperidine rings is 1. The molecule has 2 aliphatic heterocycles. The summed E-state index contributed by atoms with van der Waals surface area (Å²) in [7, 11) is 2.98. The number of nitrogens with zero attached hydrogens (tertiary/aromatic N) is 4. The Balaban J connectivity index is 1.10. The summed E-state index contributed by atoms with van der Waals surface area (Å²) < 4.78 is 68.6. The average molecular weight is 669 g/mol. The van der Waals surface area contributed by atoms with Gasteiger partial charge in [-0.1, -0.05) is 19.1 Å². The summed E-state index contributed by atoms with van der Waals surface area (Å²) in [6, 6.07) is 7.00. The zero-order valence-electron chi connectivity index (χ0n) is 26.8. The minimum Gasteiger partial charge on any atom is -0.495 e. The first kappa shape index (κ1) is 32.1. The number of carbonyl (C=O) groups is 2. The first-order valence-corrected chi connectivity index (χ1v) is 16.1. The van der Waals surface area contributed by atoms with Crippen molar-refractivity contribution in [1.82, 2.24) is 25.1 Å². The van der Waals surface area contributed by atoms with E-state index < -0.39 is 34.9 Å². The number of alkyl halides is 3. The number of ether oxygens (including phenoxy) is 2. The number of anilines is 2. The molecule has 0 unspecified atom stereocenters. The fourth-order valence-electron chi connectivity index (χ4n) is 7.51. The summed E-state index contributed by atoms with van der Waals surface area (Å²) in [4.78, 5) is 38.0. The van der Waals surface area contributed by atoms with Gasteiger partial charge in [-0.15, -0.1) is 0 Å². The van der Waals surface area contributed by atoms with Crippen LogP contribution < -0.4 is 20.1 Å². The van der Waals surface area contributed by atoms with Crippen molar-refractivity contribution in [3.63, 3.8) is 0 Å². The number of benzene rings is 2. The van der Waals surface area contributed by atoms with Crippen molar-refractivity contribution in [2.45, 2.75) is 63.2 Å². The van der Waals surface area contributed by atoms with E-state index in [-0.39, 0.29) is 51.6 Å². The average Bonchev–Trinajstić information content (AvgIpc) is 3.82. The molecule has 3 heterocycles. The highest BCUT2D eigenvalue weighted by atomic mass is 19.4. The highest BCUT2D eigenvalue weighted by Crippen LogP contribution is 2.57. The number of likely N-dealkylation sites (tertiary alicyclic amines) is 1. The molecule has 2 N–H and O–H groups in total. The Morgan fingerprint density at radius 1 is 1.10 bits per heavy atom. The van der Waals surface area contributed by atoms with Gasteiger partial charge >= 0.3 is 6.18 Å². The van der Waals surface area contributed by atoms with Crippen LogP contribution in [0.25, 0.3) is 0 Å².